The van der Waals surface area contributed by atoms with Crippen LogP contribution in [0.2, 0.25) is 0 Å². The lowest BCUT2D eigenvalue weighted by atomic mass is 10.1. The summed E-state index contributed by atoms with van der Waals surface area (Å²) < 4.78 is 0. The van der Waals surface area contributed by atoms with Gasteiger partial charge in [-0.3, -0.25) is 0 Å². The van der Waals surface area contributed by atoms with Crippen LogP contribution in [-0.2, 0) is 0 Å². The number of thiol groups is 1. The van der Waals surface area contributed by atoms with Crippen LogP contribution >= 0.6 is 12.6 Å². The van der Waals surface area contributed by atoms with E-state index >= 15 is 0 Å². The van der Waals surface area contributed by atoms with Gasteiger partial charge in [0.1, 0.15) is 5.75 Å². The third-order valence-corrected chi connectivity index (χ3v) is 2.01. The summed E-state index contributed by atoms with van der Waals surface area (Å²) in [4.78, 5) is 0. The molecular weight excluding hydrogens is 158 g/mol. The second kappa shape index (κ2) is 3.64. The topological polar surface area (TPSA) is 46.2 Å². The van der Waals surface area contributed by atoms with Crippen molar-refractivity contribution < 1.29 is 5.11 Å². The standard InChI is InChI=1S/C8H11NOS/c9-5-8(11)6-3-1-2-4-7(6)10/h1-4,8,10-11H,5,9H2. The largest absolute Gasteiger partial charge is 0.508 e. The first-order chi connectivity index (χ1) is 5.25. The lowest BCUT2D eigenvalue weighted by Crippen LogP contribution is -2.06. The van der Waals surface area contributed by atoms with Gasteiger partial charge in [0.25, 0.3) is 0 Å². The number of para-hydroxylation sites is 1. The van der Waals surface area contributed by atoms with E-state index in [4.69, 9.17) is 5.73 Å². The maximum Gasteiger partial charge on any atom is 0.119 e. The van der Waals surface area contributed by atoms with Crippen LogP contribution in [0.5, 0.6) is 5.75 Å². The van der Waals surface area contributed by atoms with Gasteiger partial charge in [-0.05, 0) is 6.07 Å². The Morgan fingerprint density at radius 2 is 2.09 bits per heavy atom. The van der Waals surface area contributed by atoms with Crippen LogP contribution in [0.25, 0.3) is 0 Å². The van der Waals surface area contributed by atoms with Crippen molar-refractivity contribution in [2.45, 2.75) is 5.25 Å². The van der Waals surface area contributed by atoms with Gasteiger partial charge in [-0.25, -0.2) is 0 Å². The second-order valence-electron chi connectivity index (χ2n) is 2.31. The predicted molar refractivity (Wildman–Crippen MR) is 48.9 cm³/mol. The molecule has 60 valence electrons. The lowest BCUT2D eigenvalue weighted by Gasteiger charge is -2.08. The maximum atomic E-state index is 9.31. The van der Waals surface area contributed by atoms with Gasteiger partial charge >= 0.3 is 0 Å². The van der Waals surface area contributed by atoms with Crippen molar-refractivity contribution in [1.29, 1.82) is 0 Å². The summed E-state index contributed by atoms with van der Waals surface area (Å²) in [6, 6.07) is 7.08. The van der Waals surface area contributed by atoms with E-state index in [1.165, 1.54) is 0 Å². The smallest absolute Gasteiger partial charge is 0.119 e. The lowest BCUT2D eigenvalue weighted by molar-refractivity contribution is 0.468. The number of phenols is 1. The molecule has 0 aliphatic rings. The predicted octanol–water partition coefficient (Wildman–Crippen LogP) is 1.32. The Morgan fingerprint density at radius 1 is 1.45 bits per heavy atom. The molecule has 0 aliphatic carbocycles. The first-order valence-electron chi connectivity index (χ1n) is 3.41. The second-order valence-corrected chi connectivity index (χ2v) is 2.93. The van der Waals surface area contributed by atoms with Crippen LogP contribution in [0.4, 0.5) is 0 Å². The van der Waals surface area contributed by atoms with Crippen molar-refractivity contribution in [2.75, 3.05) is 6.54 Å². The minimum atomic E-state index is -0.0730. The van der Waals surface area contributed by atoms with E-state index in [9.17, 15) is 5.11 Å². The molecule has 1 aromatic rings. The fourth-order valence-electron chi connectivity index (χ4n) is 0.896. The molecule has 0 spiro atoms. The molecule has 1 atom stereocenters. The molecule has 1 unspecified atom stereocenters. The highest BCUT2D eigenvalue weighted by molar-refractivity contribution is 7.80. The molecule has 3 N–H and O–H groups in total. The summed E-state index contributed by atoms with van der Waals surface area (Å²) in [7, 11) is 0. The van der Waals surface area contributed by atoms with Gasteiger partial charge in [0, 0.05) is 17.4 Å². The van der Waals surface area contributed by atoms with Crippen molar-refractivity contribution >= 4 is 12.6 Å². The van der Waals surface area contributed by atoms with Crippen molar-refractivity contribution in [3.8, 4) is 5.75 Å². The summed E-state index contributed by atoms with van der Waals surface area (Å²) in [6.07, 6.45) is 0. The van der Waals surface area contributed by atoms with E-state index < -0.39 is 0 Å². The van der Waals surface area contributed by atoms with Crippen LogP contribution < -0.4 is 5.73 Å². The number of aromatic hydroxyl groups is 1. The molecule has 0 radical (unpaired) electrons. The summed E-state index contributed by atoms with van der Waals surface area (Å²) in [6.45, 7) is 0.431. The van der Waals surface area contributed by atoms with Crippen LogP contribution in [0.3, 0.4) is 0 Å². The zero-order chi connectivity index (χ0) is 8.27. The highest BCUT2D eigenvalue weighted by Gasteiger charge is 2.07. The van der Waals surface area contributed by atoms with E-state index in [0.29, 0.717) is 6.54 Å². The third-order valence-electron chi connectivity index (χ3n) is 1.52. The van der Waals surface area contributed by atoms with E-state index in [1.54, 1.807) is 12.1 Å². The average molecular weight is 169 g/mol. The van der Waals surface area contributed by atoms with Gasteiger partial charge < -0.3 is 10.8 Å². The van der Waals surface area contributed by atoms with E-state index in [0.717, 1.165) is 5.56 Å². The number of benzene rings is 1. The van der Waals surface area contributed by atoms with Gasteiger partial charge in [0.2, 0.25) is 0 Å². The molecule has 0 bridgehead atoms. The molecule has 0 saturated carbocycles. The number of hydrogen-bond acceptors (Lipinski definition) is 3. The van der Waals surface area contributed by atoms with Gasteiger partial charge in [-0.1, -0.05) is 18.2 Å². The van der Waals surface area contributed by atoms with Gasteiger partial charge in [-0.2, -0.15) is 12.6 Å². The fraction of sp³-hybridized carbons (Fsp3) is 0.250. The molecule has 2 nitrogen and oxygen atoms in total. The Balaban J connectivity index is 2.93. The van der Waals surface area contributed by atoms with Crippen molar-refractivity contribution in [2.24, 2.45) is 5.73 Å². The molecule has 0 fully saturated rings. The minimum Gasteiger partial charge on any atom is -0.508 e. The molecule has 1 aromatic carbocycles. The summed E-state index contributed by atoms with van der Waals surface area (Å²) >= 11 is 4.20. The molecule has 0 heterocycles. The molecule has 0 amide bonds. The Hall–Kier alpha value is -0.670. The van der Waals surface area contributed by atoms with Crippen LogP contribution in [0.15, 0.2) is 24.3 Å². The van der Waals surface area contributed by atoms with Crippen LogP contribution in [0, 0.1) is 0 Å². The zero-order valence-corrected chi connectivity index (χ0v) is 6.96. The van der Waals surface area contributed by atoms with Crippen molar-refractivity contribution in [3.05, 3.63) is 29.8 Å². The first-order valence-corrected chi connectivity index (χ1v) is 3.93. The number of nitrogens with two attached hydrogens (primary N) is 1. The van der Waals surface area contributed by atoms with E-state index in [1.807, 2.05) is 12.1 Å². The minimum absolute atomic E-state index is 0.0730. The van der Waals surface area contributed by atoms with E-state index in [-0.39, 0.29) is 11.0 Å². The normalized spacial score (nSPS) is 12.9. The monoisotopic (exact) mass is 169 g/mol. The number of phenolic OH excluding ortho intramolecular Hbond substituents is 1. The van der Waals surface area contributed by atoms with E-state index in [2.05, 4.69) is 12.6 Å². The van der Waals surface area contributed by atoms with Crippen LogP contribution in [-0.4, -0.2) is 11.7 Å². The molecule has 11 heavy (non-hydrogen) atoms. The third kappa shape index (κ3) is 1.88. The SMILES string of the molecule is NCC(S)c1ccccc1O. The highest BCUT2D eigenvalue weighted by atomic mass is 32.1. The van der Waals surface area contributed by atoms with Crippen LogP contribution in [0.1, 0.15) is 10.8 Å². The molecule has 1 rings (SSSR count). The highest BCUT2D eigenvalue weighted by Crippen LogP contribution is 2.26. The molecule has 3 heteroatoms. The fourth-order valence-corrected chi connectivity index (χ4v) is 1.11. The quantitative estimate of drug-likeness (QED) is 0.585. The number of hydrogen-bond donors (Lipinski definition) is 3. The summed E-state index contributed by atoms with van der Waals surface area (Å²) in [5.74, 6) is 0.262. The number of rotatable bonds is 2. The van der Waals surface area contributed by atoms with Crippen molar-refractivity contribution in [3.63, 3.8) is 0 Å². The van der Waals surface area contributed by atoms with Crippen molar-refractivity contribution in [1.82, 2.24) is 0 Å². The van der Waals surface area contributed by atoms with Gasteiger partial charge in [0.15, 0.2) is 0 Å². The molecular formula is C8H11NOS. The Morgan fingerprint density at radius 3 is 2.64 bits per heavy atom. The summed E-state index contributed by atoms with van der Waals surface area (Å²) in [5, 5.41) is 9.23. The molecule has 0 aromatic heterocycles. The molecule has 0 aliphatic heterocycles. The van der Waals surface area contributed by atoms with Gasteiger partial charge in [0.05, 0.1) is 0 Å². The molecule has 0 saturated heterocycles. The average Bonchev–Trinajstić information content (AvgIpc) is 2.04. The first kappa shape index (κ1) is 8.43. The zero-order valence-electron chi connectivity index (χ0n) is 6.07. The van der Waals surface area contributed by atoms with Gasteiger partial charge in [-0.15, -0.1) is 0 Å². The Kier molecular flexibility index (Phi) is 2.79. The summed E-state index contributed by atoms with van der Waals surface area (Å²) in [5.41, 5.74) is 6.18. The maximum absolute atomic E-state index is 9.31. The Bertz CT molecular complexity index is 239. The Labute approximate surface area is 71.5 Å².